The normalized spacial score (nSPS) is 41.7. The lowest BCUT2D eigenvalue weighted by molar-refractivity contribution is 0.208. The van der Waals surface area contributed by atoms with E-state index in [9.17, 15) is 0 Å². The minimum absolute atomic E-state index is 0.559. The summed E-state index contributed by atoms with van der Waals surface area (Å²) in [5.41, 5.74) is 2.88. The number of hydrogen-bond donors (Lipinski definition) is 2. The van der Waals surface area contributed by atoms with Crippen LogP contribution >= 0.6 is 0 Å². The van der Waals surface area contributed by atoms with Gasteiger partial charge in [0, 0.05) is 6.04 Å². The van der Waals surface area contributed by atoms with E-state index in [4.69, 9.17) is 5.84 Å². The van der Waals surface area contributed by atoms with E-state index in [2.05, 4.69) is 19.3 Å². The fraction of sp³-hybridized carbons (Fsp3) is 1.00. The van der Waals surface area contributed by atoms with Crippen molar-refractivity contribution in [3.05, 3.63) is 0 Å². The molecule has 3 unspecified atom stereocenters. The zero-order valence-electron chi connectivity index (χ0n) is 6.93. The molecule has 10 heavy (non-hydrogen) atoms. The average Bonchev–Trinajstić information content (AvgIpc) is 1.95. The SMILES string of the molecule is CC1CCCC(NN)C1C. The minimum atomic E-state index is 0.559. The van der Waals surface area contributed by atoms with Crippen LogP contribution in [0, 0.1) is 11.8 Å². The highest BCUT2D eigenvalue weighted by Gasteiger charge is 2.25. The van der Waals surface area contributed by atoms with E-state index < -0.39 is 0 Å². The molecule has 1 aliphatic carbocycles. The molecule has 2 heteroatoms. The van der Waals surface area contributed by atoms with Crippen molar-refractivity contribution in [3.63, 3.8) is 0 Å². The van der Waals surface area contributed by atoms with Gasteiger partial charge < -0.3 is 0 Å². The number of rotatable bonds is 1. The van der Waals surface area contributed by atoms with Crippen LogP contribution in [0.4, 0.5) is 0 Å². The van der Waals surface area contributed by atoms with Crippen molar-refractivity contribution >= 4 is 0 Å². The van der Waals surface area contributed by atoms with Crippen LogP contribution in [0.5, 0.6) is 0 Å². The standard InChI is InChI=1S/C8H18N2/c1-6-4-3-5-8(10-9)7(6)2/h6-8,10H,3-5,9H2,1-2H3. The van der Waals surface area contributed by atoms with Crippen molar-refractivity contribution in [2.75, 3.05) is 0 Å². The molecule has 0 aromatic rings. The predicted octanol–water partition coefficient (Wildman–Crippen LogP) is 1.27. The van der Waals surface area contributed by atoms with Crippen molar-refractivity contribution in [2.45, 2.75) is 39.2 Å². The third-order valence-electron chi connectivity index (χ3n) is 2.92. The third-order valence-corrected chi connectivity index (χ3v) is 2.92. The molecule has 1 fully saturated rings. The summed E-state index contributed by atoms with van der Waals surface area (Å²) >= 11 is 0. The highest BCUT2D eigenvalue weighted by Crippen LogP contribution is 2.28. The van der Waals surface area contributed by atoms with Gasteiger partial charge in [0.15, 0.2) is 0 Å². The van der Waals surface area contributed by atoms with Crippen LogP contribution in [0.1, 0.15) is 33.1 Å². The Morgan fingerprint density at radius 1 is 1.30 bits per heavy atom. The Balaban J connectivity index is 2.42. The van der Waals surface area contributed by atoms with Crippen molar-refractivity contribution < 1.29 is 0 Å². The molecule has 0 spiro atoms. The summed E-state index contributed by atoms with van der Waals surface area (Å²) in [5, 5.41) is 0. The fourth-order valence-corrected chi connectivity index (χ4v) is 1.82. The maximum atomic E-state index is 5.41. The molecule has 0 aromatic carbocycles. The summed E-state index contributed by atoms with van der Waals surface area (Å²) in [6, 6.07) is 0.559. The quantitative estimate of drug-likeness (QED) is 0.427. The smallest absolute Gasteiger partial charge is 0.0238 e. The molecule has 60 valence electrons. The second-order valence-electron chi connectivity index (χ2n) is 3.54. The van der Waals surface area contributed by atoms with Gasteiger partial charge in [0.2, 0.25) is 0 Å². The van der Waals surface area contributed by atoms with Crippen LogP contribution in [-0.4, -0.2) is 6.04 Å². The van der Waals surface area contributed by atoms with Crippen LogP contribution in [0.25, 0.3) is 0 Å². The summed E-state index contributed by atoms with van der Waals surface area (Å²) < 4.78 is 0. The van der Waals surface area contributed by atoms with E-state index in [1.54, 1.807) is 0 Å². The molecule has 0 aliphatic heterocycles. The molecule has 1 rings (SSSR count). The number of nitrogens with two attached hydrogens (primary N) is 1. The van der Waals surface area contributed by atoms with Gasteiger partial charge in [-0.25, -0.2) is 0 Å². The summed E-state index contributed by atoms with van der Waals surface area (Å²) in [7, 11) is 0. The van der Waals surface area contributed by atoms with E-state index in [1.165, 1.54) is 19.3 Å². The Labute approximate surface area is 63.1 Å². The van der Waals surface area contributed by atoms with Crippen LogP contribution in [0.3, 0.4) is 0 Å². The Hall–Kier alpha value is -0.0800. The largest absolute Gasteiger partial charge is 0.271 e. The summed E-state index contributed by atoms with van der Waals surface area (Å²) in [5.74, 6) is 7.00. The Morgan fingerprint density at radius 3 is 2.50 bits per heavy atom. The summed E-state index contributed by atoms with van der Waals surface area (Å²) in [6.07, 6.45) is 3.96. The highest BCUT2D eigenvalue weighted by molar-refractivity contribution is 4.80. The molecule has 0 saturated heterocycles. The molecular weight excluding hydrogens is 124 g/mol. The second kappa shape index (κ2) is 3.35. The van der Waals surface area contributed by atoms with Gasteiger partial charge in [-0.2, -0.15) is 0 Å². The van der Waals surface area contributed by atoms with Gasteiger partial charge >= 0.3 is 0 Å². The van der Waals surface area contributed by atoms with Gasteiger partial charge in [0.25, 0.3) is 0 Å². The van der Waals surface area contributed by atoms with Crippen molar-refractivity contribution in [2.24, 2.45) is 17.7 Å². The van der Waals surface area contributed by atoms with Gasteiger partial charge in [0.05, 0.1) is 0 Å². The lowest BCUT2D eigenvalue weighted by Gasteiger charge is -2.33. The summed E-state index contributed by atoms with van der Waals surface area (Å²) in [4.78, 5) is 0. The van der Waals surface area contributed by atoms with Gasteiger partial charge in [-0.15, -0.1) is 0 Å². The monoisotopic (exact) mass is 142 g/mol. The van der Waals surface area contributed by atoms with Crippen molar-refractivity contribution in [3.8, 4) is 0 Å². The Morgan fingerprint density at radius 2 is 2.00 bits per heavy atom. The maximum Gasteiger partial charge on any atom is 0.0238 e. The van der Waals surface area contributed by atoms with Gasteiger partial charge in [-0.3, -0.25) is 11.3 Å². The first-order valence-electron chi connectivity index (χ1n) is 4.22. The zero-order valence-corrected chi connectivity index (χ0v) is 6.93. The predicted molar refractivity (Wildman–Crippen MR) is 43.3 cm³/mol. The molecule has 3 N–H and O–H groups in total. The van der Waals surface area contributed by atoms with Crippen LogP contribution in [-0.2, 0) is 0 Å². The molecule has 0 amide bonds. The van der Waals surface area contributed by atoms with E-state index in [-0.39, 0.29) is 0 Å². The highest BCUT2D eigenvalue weighted by atomic mass is 15.2. The molecule has 0 aromatic heterocycles. The fourth-order valence-electron chi connectivity index (χ4n) is 1.82. The molecule has 1 saturated carbocycles. The van der Waals surface area contributed by atoms with E-state index >= 15 is 0 Å². The number of nitrogens with one attached hydrogen (secondary N) is 1. The van der Waals surface area contributed by atoms with Gasteiger partial charge in [0.1, 0.15) is 0 Å². The summed E-state index contributed by atoms with van der Waals surface area (Å²) in [6.45, 7) is 4.60. The maximum absolute atomic E-state index is 5.41. The van der Waals surface area contributed by atoms with E-state index in [0.29, 0.717) is 6.04 Å². The second-order valence-corrected chi connectivity index (χ2v) is 3.54. The molecular formula is C8H18N2. The average molecular weight is 142 g/mol. The van der Waals surface area contributed by atoms with Crippen LogP contribution < -0.4 is 11.3 Å². The molecule has 3 atom stereocenters. The zero-order chi connectivity index (χ0) is 7.56. The van der Waals surface area contributed by atoms with Gasteiger partial charge in [-0.05, 0) is 18.3 Å². The molecule has 0 heterocycles. The van der Waals surface area contributed by atoms with E-state index in [1.807, 2.05) is 0 Å². The topological polar surface area (TPSA) is 38.0 Å². The lowest BCUT2D eigenvalue weighted by atomic mass is 9.78. The molecule has 0 radical (unpaired) electrons. The molecule has 2 nitrogen and oxygen atoms in total. The van der Waals surface area contributed by atoms with Crippen LogP contribution in [0.2, 0.25) is 0 Å². The molecule has 1 aliphatic rings. The van der Waals surface area contributed by atoms with Crippen molar-refractivity contribution in [1.29, 1.82) is 0 Å². The Bertz CT molecular complexity index is 103. The lowest BCUT2D eigenvalue weighted by Crippen LogP contribution is -2.44. The first kappa shape index (κ1) is 8.02. The van der Waals surface area contributed by atoms with E-state index in [0.717, 1.165) is 11.8 Å². The first-order chi connectivity index (χ1) is 4.75. The number of hydrazine groups is 1. The minimum Gasteiger partial charge on any atom is -0.271 e. The number of hydrogen-bond acceptors (Lipinski definition) is 2. The third kappa shape index (κ3) is 1.50. The Kier molecular flexibility index (Phi) is 2.69. The van der Waals surface area contributed by atoms with Crippen molar-refractivity contribution in [1.82, 2.24) is 5.43 Å². The van der Waals surface area contributed by atoms with Gasteiger partial charge in [-0.1, -0.05) is 26.7 Å². The molecule has 0 bridgehead atoms. The van der Waals surface area contributed by atoms with Crippen LogP contribution in [0.15, 0.2) is 0 Å². The first-order valence-corrected chi connectivity index (χ1v) is 4.22.